The van der Waals surface area contributed by atoms with Gasteiger partial charge in [-0.3, -0.25) is 4.98 Å². The third-order valence-corrected chi connectivity index (χ3v) is 2.88. The van der Waals surface area contributed by atoms with E-state index in [1.807, 2.05) is 12.1 Å². The van der Waals surface area contributed by atoms with Gasteiger partial charge in [-0.2, -0.15) is 0 Å². The molecule has 3 nitrogen and oxygen atoms in total. The lowest BCUT2D eigenvalue weighted by Gasteiger charge is -2.09. The molecule has 0 saturated heterocycles. The zero-order valence-corrected chi connectivity index (χ0v) is 12.1. The summed E-state index contributed by atoms with van der Waals surface area (Å²) in [6, 6.07) is 7.79. The molecule has 0 atom stereocenters. The van der Waals surface area contributed by atoms with E-state index in [0.29, 0.717) is 23.9 Å². The van der Waals surface area contributed by atoms with Crippen molar-refractivity contribution in [3.8, 4) is 5.75 Å². The van der Waals surface area contributed by atoms with Gasteiger partial charge in [-0.1, -0.05) is 19.9 Å². The van der Waals surface area contributed by atoms with Gasteiger partial charge >= 0.3 is 0 Å². The molecule has 0 bridgehead atoms. The smallest absolute Gasteiger partial charge is 0.159 e. The number of nitrogens with one attached hydrogen (secondary N) is 1. The summed E-state index contributed by atoms with van der Waals surface area (Å²) in [4.78, 5) is 4.27. The van der Waals surface area contributed by atoms with Crippen LogP contribution in [-0.4, -0.2) is 11.0 Å². The van der Waals surface area contributed by atoms with Gasteiger partial charge in [0.25, 0.3) is 0 Å². The number of ether oxygens (including phenoxy) is 1. The molecule has 2 aromatic rings. The van der Waals surface area contributed by atoms with Gasteiger partial charge in [-0.05, 0) is 29.8 Å². The van der Waals surface area contributed by atoms with Crippen LogP contribution in [0.2, 0.25) is 0 Å². The standard InChI is InChI=1S/C16H18F2N2O/c1-11(2)19-8-13-4-5-14(9-20-13)21-10-12-3-6-15(17)16(18)7-12/h3-7,9,11,19H,8,10H2,1-2H3. The van der Waals surface area contributed by atoms with E-state index in [0.717, 1.165) is 17.8 Å². The van der Waals surface area contributed by atoms with Crippen molar-refractivity contribution in [1.29, 1.82) is 0 Å². The van der Waals surface area contributed by atoms with Crippen molar-refractivity contribution >= 4 is 0 Å². The van der Waals surface area contributed by atoms with E-state index in [2.05, 4.69) is 24.1 Å². The van der Waals surface area contributed by atoms with Crippen molar-refractivity contribution in [2.45, 2.75) is 33.0 Å². The second-order valence-electron chi connectivity index (χ2n) is 5.06. The Morgan fingerprint density at radius 3 is 2.57 bits per heavy atom. The Morgan fingerprint density at radius 2 is 1.95 bits per heavy atom. The minimum Gasteiger partial charge on any atom is -0.487 e. The van der Waals surface area contributed by atoms with Crippen LogP contribution < -0.4 is 10.1 Å². The maximum Gasteiger partial charge on any atom is 0.159 e. The van der Waals surface area contributed by atoms with Crippen LogP contribution in [0.1, 0.15) is 25.1 Å². The minimum atomic E-state index is -0.871. The first-order valence-corrected chi connectivity index (χ1v) is 6.79. The van der Waals surface area contributed by atoms with E-state index in [1.165, 1.54) is 6.07 Å². The molecule has 0 amide bonds. The number of hydrogen-bond acceptors (Lipinski definition) is 3. The Labute approximate surface area is 123 Å². The van der Waals surface area contributed by atoms with Gasteiger partial charge in [0.15, 0.2) is 11.6 Å². The molecule has 0 saturated carbocycles. The highest BCUT2D eigenvalue weighted by Crippen LogP contribution is 2.14. The van der Waals surface area contributed by atoms with E-state index >= 15 is 0 Å². The molecule has 0 fully saturated rings. The molecule has 1 aromatic carbocycles. The number of nitrogens with zero attached hydrogens (tertiary/aromatic N) is 1. The van der Waals surface area contributed by atoms with Crippen LogP contribution in [-0.2, 0) is 13.2 Å². The van der Waals surface area contributed by atoms with Crippen LogP contribution in [0.3, 0.4) is 0 Å². The molecule has 0 aliphatic carbocycles. The van der Waals surface area contributed by atoms with Crippen LogP contribution in [0.15, 0.2) is 36.5 Å². The molecule has 5 heteroatoms. The fourth-order valence-corrected chi connectivity index (χ4v) is 1.71. The Kier molecular flexibility index (Phi) is 5.22. The van der Waals surface area contributed by atoms with Crippen molar-refractivity contribution in [1.82, 2.24) is 10.3 Å². The molecule has 1 aromatic heterocycles. The monoisotopic (exact) mass is 292 g/mol. The molecule has 21 heavy (non-hydrogen) atoms. The number of aromatic nitrogens is 1. The average Bonchev–Trinajstić information content (AvgIpc) is 2.47. The average molecular weight is 292 g/mol. The lowest BCUT2D eigenvalue weighted by Crippen LogP contribution is -2.22. The van der Waals surface area contributed by atoms with Crippen LogP contribution in [0, 0.1) is 11.6 Å². The number of halogens is 2. The van der Waals surface area contributed by atoms with Crippen molar-refractivity contribution in [3.63, 3.8) is 0 Å². The zero-order valence-electron chi connectivity index (χ0n) is 12.1. The van der Waals surface area contributed by atoms with Crippen LogP contribution in [0.4, 0.5) is 8.78 Å². The Hall–Kier alpha value is -2.01. The summed E-state index contributed by atoms with van der Waals surface area (Å²) in [6.45, 7) is 5.00. The van der Waals surface area contributed by atoms with Gasteiger partial charge in [0, 0.05) is 12.6 Å². The van der Waals surface area contributed by atoms with Gasteiger partial charge in [0.05, 0.1) is 11.9 Å². The van der Waals surface area contributed by atoms with Crippen molar-refractivity contribution in [3.05, 3.63) is 59.4 Å². The van der Waals surface area contributed by atoms with E-state index in [9.17, 15) is 8.78 Å². The van der Waals surface area contributed by atoms with Gasteiger partial charge < -0.3 is 10.1 Å². The third-order valence-electron chi connectivity index (χ3n) is 2.88. The third kappa shape index (κ3) is 4.79. The first kappa shape index (κ1) is 15.4. The summed E-state index contributed by atoms with van der Waals surface area (Å²) >= 11 is 0. The van der Waals surface area contributed by atoms with Gasteiger partial charge in [0.2, 0.25) is 0 Å². The summed E-state index contributed by atoms with van der Waals surface area (Å²) in [5.41, 5.74) is 1.49. The molecule has 1 heterocycles. The lowest BCUT2D eigenvalue weighted by molar-refractivity contribution is 0.303. The Morgan fingerprint density at radius 1 is 1.14 bits per heavy atom. The fraction of sp³-hybridized carbons (Fsp3) is 0.312. The number of hydrogen-bond donors (Lipinski definition) is 1. The van der Waals surface area contributed by atoms with Crippen molar-refractivity contribution < 1.29 is 13.5 Å². The summed E-state index contributed by atoms with van der Waals surface area (Å²) in [7, 11) is 0. The molecule has 0 aliphatic rings. The topological polar surface area (TPSA) is 34.1 Å². The highest BCUT2D eigenvalue weighted by atomic mass is 19.2. The summed E-state index contributed by atoms with van der Waals surface area (Å²) in [5.74, 6) is -1.14. The predicted molar refractivity (Wildman–Crippen MR) is 76.9 cm³/mol. The molecule has 0 spiro atoms. The highest BCUT2D eigenvalue weighted by Gasteiger charge is 2.04. The van der Waals surface area contributed by atoms with Crippen molar-refractivity contribution in [2.75, 3.05) is 0 Å². The molecule has 112 valence electrons. The summed E-state index contributed by atoms with van der Waals surface area (Å²) in [6.07, 6.45) is 1.62. The second kappa shape index (κ2) is 7.13. The summed E-state index contributed by atoms with van der Waals surface area (Å²) in [5, 5.41) is 3.27. The zero-order chi connectivity index (χ0) is 15.2. The molecule has 0 radical (unpaired) electrons. The molecule has 0 aliphatic heterocycles. The molecule has 2 rings (SSSR count). The first-order valence-electron chi connectivity index (χ1n) is 6.79. The highest BCUT2D eigenvalue weighted by molar-refractivity contribution is 5.22. The normalized spacial score (nSPS) is 10.9. The molecule has 0 unspecified atom stereocenters. The lowest BCUT2D eigenvalue weighted by atomic mass is 10.2. The van der Waals surface area contributed by atoms with Gasteiger partial charge in [0.1, 0.15) is 12.4 Å². The van der Waals surface area contributed by atoms with Crippen LogP contribution in [0.25, 0.3) is 0 Å². The van der Waals surface area contributed by atoms with Crippen LogP contribution >= 0.6 is 0 Å². The quantitative estimate of drug-likeness (QED) is 0.885. The minimum absolute atomic E-state index is 0.169. The predicted octanol–water partition coefficient (Wildman–Crippen LogP) is 3.44. The largest absolute Gasteiger partial charge is 0.487 e. The second-order valence-corrected chi connectivity index (χ2v) is 5.06. The van der Waals surface area contributed by atoms with E-state index in [4.69, 9.17) is 4.74 Å². The maximum absolute atomic E-state index is 13.1. The maximum atomic E-state index is 13.1. The Balaban J connectivity index is 1.89. The van der Waals surface area contributed by atoms with Crippen molar-refractivity contribution in [2.24, 2.45) is 0 Å². The molecule has 1 N–H and O–H groups in total. The SMILES string of the molecule is CC(C)NCc1ccc(OCc2ccc(F)c(F)c2)cn1. The van der Waals surface area contributed by atoms with E-state index < -0.39 is 11.6 Å². The van der Waals surface area contributed by atoms with Gasteiger partial charge in [-0.15, -0.1) is 0 Å². The first-order chi connectivity index (χ1) is 10.0. The van der Waals surface area contributed by atoms with E-state index in [-0.39, 0.29) is 6.61 Å². The fourth-order valence-electron chi connectivity index (χ4n) is 1.71. The molecular formula is C16H18F2N2O. The number of benzene rings is 1. The van der Waals surface area contributed by atoms with Crippen LogP contribution in [0.5, 0.6) is 5.75 Å². The number of pyridine rings is 1. The number of rotatable bonds is 6. The summed E-state index contributed by atoms with van der Waals surface area (Å²) < 4.78 is 31.4. The van der Waals surface area contributed by atoms with E-state index in [1.54, 1.807) is 6.20 Å². The van der Waals surface area contributed by atoms with Gasteiger partial charge in [-0.25, -0.2) is 8.78 Å². The Bertz CT molecular complexity index is 585. The molecular weight excluding hydrogens is 274 g/mol.